The summed E-state index contributed by atoms with van der Waals surface area (Å²) in [6.07, 6.45) is 0. The first-order valence-electron chi connectivity index (χ1n) is 4.77. The Morgan fingerprint density at radius 2 is 0.500 bits per heavy atom. The van der Waals surface area contributed by atoms with E-state index in [-0.39, 0.29) is 0 Å². The van der Waals surface area contributed by atoms with Crippen molar-refractivity contribution < 1.29 is 49.3 Å². The molecule has 0 bridgehead atoms. The van der Waals surface area contributed by atoms with Crippen LogP contribution in [-0.2, 0) is 0 Å². The summed E-state index contributed by atoms with van der Waals surface area (Å²) in [5, 5.41) is 0. The van der Waals surface area contributed by atoms with Gasteiger partial charge in [0.05, 0.1) is 0 Å². The molecule has 1 aliphatic heterocycles. The van der Waals surface area contributed by atoms with Crippen LogP contribution in [0.15, 0.2) is 19.3 Å². The van der Waals surface area contributed by atoms with Gasteiger partial charge >= 0.3 is 36.3 Å². The summed E-state index contributed by atoms with van der Waals surface area (Å²) in [6.45, 7) is 0. The molecular formula is C4F12Si6. The van der Waals surface area contributed by atoms with Gasteiger partial charge in [-0.1, -0.05) is 0 Å². The van der Waals surface area contributed by atoms with Crippen molar-refractivity contribution in [2.24, 2.45) is 0 Å². The first-order valence-corrected chi connectivity index (χ1v) is 13.3. The minimum atomic E-state index is -7.29. The van der Waals surface area contributed by atoms with E-state index in [1.54, 1.807) is 0 Å². The van der Waals surface area contributed by atoms with E-state index in [4.69, 9.17) is 0 Å². The first-order chi connectivity index (χ1) is 9.45. The van der Waals surface area contributed by atoms with Gasteiger partial charge < -0.3 is 0 Å². The van der Waals surface area contributed by atoms with Gasteiger partial charge in [-0.3, -0.25) is 0 Å². The molecule has 0 aromatic heterocycles. The predicted molar refractivity (Wildman–Crippen MR) is 61.9 cm³/mol. The molecule has 0 aromatic rings. The van der Waals surface area contributed by atoms with Crippen molar-refractivity contribution in [2.75, 3.05) is 0 Å². The molecule has 0 nitrogen and oxygen atoms in total. The molecule has 18 heteroatoms. The first kappa shape index (κ1) is 20.0. The fourth-order valence-corrected chi connectivity index (χ4v) is 12.9. The summed E-state index contributed by atoms with van der Waals surface area (Å²) >= 11 is 0. The van der Waals surface area contributed by atoms with Crippen LogP contribution in [0.25, 0.3) is 0 Å². The minimum Gasteiger partial charge on any atom is -0.234 e. The average molecular weight is 445 g/mol. The molecule has 0 aliphatic carbocycles. The molecule has 0 atom stereocenters. The van der Waals surface area contributed by atoms with Crippen LogP contribution in [0.1, 0.15) is 0 Å². The summed E-state index contributed by atoms with van der Waals surface area (Å²) < 4.78 is 152. The van der Waals surface area contributed by atoms with Gasteiger partial charge in [-0.05, 0) is 19.3 Å². The van der Waals surface area contributed by atoms with Crippen LogP contribution < -0.4 is 0 Å². The molecule has 0 N–H and O–H groups in total. The normalized spacial score (nSPS) is 19.1. The Kier molecular flexibility index (Phi) is 5.26. The van der Waals surface area contributed by atoms with Gasteiger partial charge in [-0.25, -0.2) is 49.3 Å². The summed E-state index contributed by atoms with van der Waals surface area (Å²) in [5.41, 5.74) is 0. The van der Waals surface area contributed by atoms with Crippen LogP contribution in [0.5, 0.6) is 0 Å². The van der Waals surface area contributed by atoms with Gasteiger partial charge in [0, 0.05) is 0 Å². The van der Waals surface area contributed by atoms with Crippen LogP contribution in [0, 0.1) is 0 Å². The average Bonchev–Trinajstić information content (AvgIpc) is 2.22. The Morgan fingerprint density at radius 1 is 0.364 bits per heavy atom. The summed E-state index contributed by atoms with van der Waals surface area (Å²) in [7, 11) is -34.4. The Hall–Kier alpha value is -0.0587. The zero-order valence-electron chi connectivity index (χ0n) is 9.54. The van der Waals surface area contributed by atoms with Crippen LogP contribution in [0.4, 0.5) is 49.3 Å². The maximum atomic E-state index is 12.7. The molecule has 4 radical (unpaired) electrons. The van der Waals surface area contributed by atoms with Gasteiger partial charge in [-0.15, -0.1) is 0 Å². The molecule has 0 unspecified atom stereocenters. The van der Waals surface area contributed by atoms with E-state index in [1.807, 2.05) is 0 Å². The van der Waals surface area contributed by atoms with E-state index in [9.17, 15) is 49.3 Å². The maximum Gasteiger partial charge on any atom is 0.644 e. The molecule has 0 fully saturated rings. The summed E-state index contributed by atoms with van der Waals surface area (Å²) in [4.78, 5) is -9.47. The number of halogens is 12. The molecule has 1 aliphatic rings. The largest absolute Gasteiger partial charge is 0.644 e. The minimum absolute atomic E-state index is 2.37. The van der Waals surface area contributed by atoms with Crippen molar-refractivity contribution in [3.63, 3.8) is 0 Å². The third-order valence-electron chi connectivity index (χ3n) is 2.13. The molecular weight excluding hydrogens is 445 g/mol. The fourth-order valence-electron chi connectivity index (χ4n) is 1.35. The van der Waals surface area contributed by atoms with Crippen molar-refractivity contribution in [3.8, 4) is 0 Å². The van der Waals surface area contributed by atoms with Gasteiger partial charge in [-0.2, -0.15) is 0 Å². The summed E-state index contributed by atoms with van der Waals surface area (Å²) in [6, 6.07) is 0. The monoisotopic (exact) mass is 444 g/mol. The lowest BCUT2D eigenvalue weighted by Gasteiger charge is -2.25. The SMILES string of the molecule is F[Si](F)(F)C1=C([Si](F)(F)F)[Si]C([Si](F)(F)F)=C([Si](F)(F)F)[Si]1. The van der Waals surface area contributed by atoms with Crippen LogP contribution >= 0.6 is 0 Å². The molecule has 0 spiro atoms. The predicted octanol–water partition coefficient (Wildman–Crippen LogP) is 3.38. The zero-order chi connectivity index (χ0) is 17.7. The lowest BCUT2D eigenvalue weighted by Crippen LogP contribution is -2.47. The van der Waals surface area contributed by atoms with Crippen molar-refractivity contribution >= 4 is 55.3 Å². The fraction of sp³-hybridized carbons (Fsp3) is 0. The van der Waals surface area contributed by atoms with Gasteiger partial charge in [0.1, 0.15) is 19.0 Å². The number of hydrogen-bond donors (Lipinski definition) is 0. The Balaban J connectivity index is 3.57. The second-order valence-corrected chi connectivity index (χ2v) is 14.2. The van der Waals surface area contributed by atoms with E-state index in [1.165, 1.54) is 0 Å². The van der Waals surface area contributed by atoms with E-state index in [0.29, 0.717) is 0 Å². The Bertz CT molecular complexity index is 422. The summed E-state index contributed by atoms with van der Waals surface area (Å²) in [5.74, 6) is 0. The highest BCUT2D eigenvalue weighted by molar-refractivity contribution is 7.05. The van der Waals surface area contributed by atoms with Crippen molar-refractivity contribution in [2.45, 2.75) is 0 Å². The number of rotatable bonds is 4. The Labute approximate surface area is 124 Å². The smallest absolute Gasteiger partial charge is 0.234 e. The molecule has 0 amide bonds. The Morgan fingerprint density at radius 3 is 0.591 bits per heavy atom. The van der Waals surface area contributed by atoms with Crippen LogP contribution in [-0.4, -0.2) is 55.3 Å². The highest BCUT2D eigenvalue weighted by atomic mass is 28.5. The van der Waals surface area contributed by atoms with E-state index < -0.39 is 74.6 Å². The van der Waals surface area contributed by atoms with Crippen molar-refractivity contribution in [3.05, 3.63) is 19.3 Å². The van der Waals surface area contributed by atoms with E-state index in [0.717, 1.165) is 0 Å². The van der Waals surface area contributed by atoms with Crippen LogP contribution in [0.2, 0.25) is 0 Å². The molecule has 1 rings (SSSR count). The third-order valence-corrected chi connectivity index (χ3v) is 14.3. The highest BCUT2D eigenvalue weighted by Crippen LogP contribution is 2.40. The molecule has 22 heavy (non-hydrogen) atoms. The van der Waals surface area contributed by atoms with E-state index >= 15 is 0 Å². The lowest BCUT2D eigenvalue weighted by atomic mass is 11.1. The molecule has 0 saturated heterocycles. The maximum absolute atomic E-state index is 12.7. The molecule has 0 aromatic carbocycles. The van der Waals surface area contributed by atoms with Gasteiger partial charge in [0.25, 0.3) is 0 Å². The second-order valence-electron chi connectivity index (χ2n) is 3.74. The quantitative estimate of drug-likeness (QED) is 0.354. The van der Waals surface area contributed by atoms with E-state index in [2.05, 4.69) is 0 Å². The van der Waals surface area contributed by atoms with Crippen molar-refractivity contribution in [1.29, 1.82) is 0 Å². The van der Waals surface area contributed by atoms with Crippen LogP contribution in [0.3, 0.4) is 0 Å². The zero-order valence-corrected chi connectivity index (χ0v) is 15.5. The van der Waals surface area contributed by atoms with Gasteiger partial charge in [0.15, 0.2) is 0 Å². The molecule has 124 valence electrons. The molecule has 0 saturated carbocycles. The topological polar surface area (TPSA) is 0 Å². The highest BCUT2D eigenvalue weighted by Gasteiger charge is 2.62. The molecule has 1 heterocycles. The third kappa shape index (κ3) is 4.48. The lowest BCUT2D eigenvalue weighted by molar-refractivity contribution is 0.478. The number of hydrogen-bond acceptors (Lipinski definition) is 0. The van der Waals surface area contributed by atoms with Crippen molar-refractivity contribution in [1.82, 2.24) is 0 Å². The van der Waals surface area contributed by atoms with Gasteiger partial charge in [0.2, 0.25) is 0 Å². The second kappa shape index (κ2) is 5.78. The standard InChI is InChI=1S/C4F12Si6/c5-19(6,7)1-2(20(8,9)10)18-4(22(14,15)16)3(17-1)21(11,12)13.